The quantitative estimate of drug-likeness (QED) is 0.0944. The fourth-order valence-electron chi connectivity index (χ4n) is 5.28. The Morgan fingerprint density at radius 3 is 2.00 bits per heavy atom. The van der Waals surface area contributed by atoms with Crippen LogP contribution < -0.4 is 9.47 Å². The highest BCUT2D eigenvalue weighted by Gasteiger charge is 2.36. The number of ether oxygens (including phenoxy) is 5. The number of allylic oxidation sites excluding steroid dienone is 2. The van der Waals surface area contributed by atoms with Gasteiger partial charge in [0.1, 0.15) is 44.0 Å². The molecule has 2 aromatic rings. The molecule has 48 heavy (non-hydrogen) atoms. The SMILES string of the molecule is C=CC(=O)OCC(O)COc1c(CC)cccc1CCc1cccc(C)c1OCC(COC(=O)C=C)OC(=O)C1CC=CCC1C(=O)O. The van der Waals surface area contributed by atoms with Gasteiger partial charge in [0.15, 0.2) is 6.10 Å². The first-order chi connectivity index (χ1) is 23.1. The van der Waals surface area contributed by atoms with Crippen LogP contribution >= 0.6 is 0 Å². The van der Waals surface area contributed by atoms with Crippen molar-refractivity contribution in [1.82, 2.24) is 0 Å². The highest BCUT2D eigenvalue weighted by molar-refractivity contribution is 5.82. The van der Waals surface area contributed by atoms with E-state index in [1.165, 1.54) is 0 Å². The van der Waals surface area contributed by atoms with Crippen molar-refractivity contribution in [2.24, 2.45) is 11.8 Å². The number of carbonyl (C=O) groups is 4. The Bertz CT molecular complexity index is 1480. The van der Waals surface area contributed by atoms with Gasteiger partial charge < -0.3 is 33.9 Å². The van der Waals surface area contributed by atoms with E-state index in [9.17, 15) is 29.4 Å². The van der Waals surface area contributed by atoms with Crippen molar-refractivity contribution >= 4 is 23.9 Å². The van der Waals surface area contributed by atoms with Crippen molar-refractivity contribution in [2.75, 3.05) is 26.4 Å². The molecule has 3 rings (SSSR count). The maximum Gasteiger partial charge on any atom is 0.330 e. The van der Waals surface area contributed by atoms with Gasteiger partial charge in [0.25, 0.3) is 0 Å². The summed E-state index contributed by atoms with van der Waals surface area (Å²) in [6.07, 6.45) is 5.72. The van der Waals surface area contributed by atoms with Gasteiger partial charge in [-0.25, -0.2) is 9.59 Å². The third-order valence-electron chi connectivity index (χ3n) is 7.85. The molecule has 0 aliphatic heterocycles. The molecule has 0 amide bonds. The maximum absolute atomic E-state index is 13.1. The van der Waals surface area contributed by atoms with Gasteiger partial charge in [0.05, 0.1) is 11.8 Å². The van der Waals surface area contributed by atoms with Gasteiger partial charge in [-0.15, -0.1) is 0 Å². The molecule has 0 radical (unpaired) electrons. The minimum Gasteiger partial charge on any atom is -0.490 e. The third-order valence-corrected chi connectivity index (χ3v) is 7.85. The number of aliphatic carboxylic acids is 1. The van der Waals surface area contributed by atoms with Crippen molar-refractivity contribution in [1.29, 1.82) is 0 Å². The van der Waals surface area contributed by atoms with Gasteiger partial charge in [0.2, 0.25) is 0 Å². The molecular formula is C37H44O11. The van der Waals surface area contributed by atoms with E-state index in [0.29, 0.717) is 30.8 Å². The minimum atomic E-state index is -1.08. The van der Waals surface area contributed by atoms with E-state index in [2.05, 4.69) is 13.2 Å². The molecule has 1 aliphatic carbocycles. The predicted octanol–water partition coefficient (Wildman–Crippen LogP) is 4.50. The van der Waals surface area contributed by atoms with E-state index in [-0.39, 0.29) is 39.3 Å². The van der Waals surface area contributed by atoms with Gasteiger partial charge in [-0.05, 0) is 61.3 Å². The van der Waals surface area contributed by atoms with Crippen LogP contribution in [-0.4, -0.2) is 72.7 Å². The number of carboxylic acids is 1. The van der Waals surface area contributed by atoms with E-state index in [1.54, 1.807) is 12.2 Å². The molecule has 0 spiro atoms. The maximum atomic E-state index is 13.1. The lowest BCUT2D eigenvalue weighted by atomic mass is 9.83. The zero-order valence-corrected chi connectivity index (χ0v) is 27.4. The second-order valence-corrected chi connectivity index (χ2v) is 11.3. The molecule has 0 heterocycles. The van der Waals surface area contributed by atoms with Crippen LogP contribution in [0.5, 0.6) is 11.5 Å². The zero-order chi connectivity index (χ0) is 35.1. The first kappa shape index (κ1) is 37.6. The Hall–Kier alpha value is -4.90. The van der Waals surface area contributed by atoms with Gasteiger partial charge in [-0.3, -0.25) is 9.59 Å². The third kappa shape index (κ3) is 11.1. The summed E-state index contributed by atoms with van der Waals surface area (Å²) in [6, 6.07) is 11.6. The molecule has 0 saturated carbocycles. The molecule has 0 fully saturated rings. The fraction of sp³-hybridized carbons (Fsp3) is 0.405. The summed E-state index contributed by atoms with van der Waals surface area (Å²) in [5.41, 5.74) is 3.58. The van der Waals surface area contributed by atoms with Crippen molar-refractivity contribution < 1.29 is 53.1 Å². The molecule has 11 nitrogen and oxygen atoms in total. The fourth-order valence-corrected chi connectivity index (χ4v) is 5.28. The molecule has 2 N–H and O–H groups in total. The van der Waals surface area contributed by atoms with Gasteiger partial charge in [0, 0.05) is 12.2 Å². The summed E-state index contributed by atoms with van der Waals surface area (Å²) >= 11 is 0. The van der Waals surface area contributed by atoms with E-state index in [1.807, 2.05) is 50.2 Å². The summed E-state index contributed by atoms with van der Waals surface area (Å²) in [5, 5.41) is 19.9. The van der Waals surface area contributed by atoms with Crippen LogP contribution in [-0.2, 0) is 52.7 Å². The predicted molar refractivity (Wildman–Crippen MR) is 177 cm³/mol. The number of esters is 3. The molecule has 0 bridgehead atoms. The summed E-state index contributed by atoms with van der Waals surface area (Å²) in [4.78, 5) is 48.0. The highest BCUT2D eigenvalue weighted by Crippen LogP contribution is 2.31. The second kappa shape index (κ2) is 19.0. The van der Waals surface area contributed by atoms with E-state index in [0.717, 1.165) is 34.4 Å². The molecule has 4 unspecified atom stereocenters. The Morgan fingerprint density at radius 1 is 0.812 bits per heavy atom. The number of hydrogen-bond acceptors (Lipinski definition) is 10. The van der Waals surface area contributed by atoms with Crippen LogP contribution in [0, 0.1) is 18.8 Å². The largest absolute Gasteiger partial charge is 0.490 e. The first-order valence-electron chi connectivity index (χ1n) is 15.9. The van der Waals surface area contributed by atoms with Crippen molar-refractivity contribution in [3.8, 4) is 11.5 Å². The number of carboxylic acid groups (broad SMARTS) is 1. The molecule has 11 heteroatoms. The van der Waals surface area contributed by atoms with E-state index in [4.69, 9.17) is 23.7 Å². The average molecular weight is 665 g/mol. The van der Waals surface area contributed by atoms with Crippen LogP contribution in [0.4, 0.5) is 0 Å². The number of benzene rings is 2. The van der Waals surface area contributed by atoms with Gasteiger partial charge in [-0.1, -0.05) is 68.6 Å². The molecule has 258 valence electrons. The standard InChI is InChI=1S/C37H44O11/c1-5-25-13-11-15-27(35(25)46-21-28(38)20-44-32(39)6-2)19-18-26-14-10-12-24(4)34(26)47-23-29(22-45-33(40)7-3)48-37(43)31-17-9-8-16-30(31)36(41)42/h6-15,28-31,38H,2-3,5,16-23H2,1,4H3,(H,41,42). The molecule has 4 atom stereocenters. The number of aryl methyl sites for hydroxylation is 4. The average Bonchev–Trinajstić information content (AvgIpc) is 3.09. The summed E-state index contributed by atoms with van der Waals surface area (Å²) in [6.45, 7) is 9.87. The van der Waals surface area contributed by atoms with Crippen LogP contribution in [0.2, 0.25) is 0 Å². The minimum absolute atomic E-state index is 0.0753. The molecule has 2 aromatic carbocycles. The number of hydrogen-bond donors (Lipinski definition) is 2. The first-order valence-corrected chi connectivity index (χ1v) is 15.9. The summed E-state index contributed by atoms with van der Waals surface area (Å²) < 4.78 is 28.0. The van der Waals surface area contributed by atoms with Crippen molar-refractivity contribution in [3.05, 3.63) is 96.1 Å². The lowest BCUT2D eigenvalue weighted by molar-refractivity contribution is -0.167. The van der Waals surface area contributed by atoms with Crippen LogP contribution in [0.15, 0.2) is 73.9 Å². The number of para-hydroxylation sites is 2. The Morgan fingerprint density at radius 2 is 1.38 bits per heavy atom. The number of aliphatic hydroxyl groups is 1. The molecule has 0 aromatic heterocycles. The zero-order valence-electron chi connectivity index (χ0n) is 27.4. The summed E-state index contributed by atoms with van der Waals surface area (Å²) in [7, 11) is 0. The lowest BCUT2D eigenvalue weighted by Gasteiger charge is -2.26. The normalized spacial score (nSPS) is 16.6. The van der Waals surface area contributed by atoms with Gasteiger partial charge in [-0.2, -0.15) is 0 Å². The lowest BCUT2D eigenvalue weighted by Crippen LogP contribution is -2.37. The smallest absolute Gasteiger partial charge is 0.330 e. The van der Waals surface area contributed by atoms with Crippen LogP contribution in [0.3, 0.4) is 0 Å². The molecular weight excluding hydrogens is 620 g/mol. The van der Waals surface area contributed by atoms with Crippen molar-refractivity contribution in [3.63, 3.8) is 0 Å². The topological polar surface area (TPSA) is 155 Å². The molecule has 0 saturated heterocycles. The summed E-state index contributed by atoms with van der Waals surface area (Å²) in [5.74, 6) is -3.68. The number of rotatable bonds is 19. The van der Waals surface area contributed by atoms with Gasteiger partial charge >= 0.3 is 23.9 Å². The van der Waals surface area contributed by atoms with E-state index >= 15 is 0 Å². The Kier molecular flexibility index (Phi) is 14.9. The van der Waals surface area contributed by atoms with Crippen LogP contribution in [0.25, 0.3) is 0 Å². The number of aliphatic hydroxyl groups excluding tert-OH is 1. The number of carbonyl (C=O) groups excluding carboxylic acids is 3. The molecule has 1 aliphatic rings. The van der Waals surface area contributed by atoms with Crippen molar-refractivity contribution in [2.45, 2.75) is 58.2 Å². The Balaban J connectivity index is 1.74. The monoisotopic (exact) mass is 664 g/mol. The Labute approximate surface area is 280 Å². The highest BCUT2D eigenvalue weighted by atomic mass is 16.6. The van der Waals surface area contributed by atoms with Crippen LogP contribution in [0.1, 0.15) is 42.0 Å². The second-order valence-electron chi connectivity index (χ2n) is 11.3. The van der Waals surface area contributed by atoms with E-state index < -0.39 is 47.9 Å².